The summed E-state index contributed by atoms with van der Waals surface area (Å²) >= 11 is 3.40. The van der Waals surface area contributed by atoms with Crippen molar-refractivity contribution in [2.75, 3.05) is 14.1 Å². The average molecular weight is 525 g/mol. The van der Waals surface area contributed by atoms with E-state index < -0.39 is 75.6 Å². The number of aliphatic hydroxyl groups excluding tert-OH is 4. The summed E-state index contributed by atoms with van der Waals surface area (Å²) in [5.41, 5.74) is 1.49. The smallest absolute Gasteiger partial charge is 0.255 e. The maximum absolute atomic E-state index is 13.4. The highest BCUT2D eigenvalue weighted by Gasteiger charge is 2.67. The molecule has 0 aliphatic heterocycles. The van der Waals surface area contributed by atoms with Gasteiger partial charge in [0, 0.05) is 22.7 Å². The van der Waals surface area contributed by atoms with Crippen LogP contribution in [-0.4, -0.2) is 84.6 Å². The first-order valence-corrected chi connectivity index (χ1v) is 11.3. The third-order valence-corrected chi connectivity index (χ3v) is 7.84. The SMILES string of the molecule is C[C@H]1C2=CC(Br)CC(O)=C2C(=O)C2=C(O)[C@]3(O)C(=O)C(C(N)=O)=C(O)[C@@H](N(C)C)[C@@H]3[C@@H](O)[C@@H]21. The summed E-state index contributed by atoms with van der Waals surface area (Å²) < 4.78 is 0. The Labute approximate surface area is 197 Å². The van der Waals surface area contributed by atoms with Gasteiger partial charge in [-0.3, -0.25) is 19.3 Å². The summed E-state index contributed by atoms with van der Waals surface area (Å²) in [4.78, 5) is 39.8. The molecule has 1 fully saturated rings. The molecule has 10 nitrogen and oxygen atoms in total. The van der Waals surface area contributed by atoms with Crippen molar-refractivity contribution in [2.24, 2.45) is 23.5 Å². The summed E-state index contributed by atoms with van der Waals surface area (Å²) in [6.45, 7) is 1.70. The molecule has 7 N–H and O–H groups in total. The molecule has 0 aromatic heterocycles. The normalized spacial score (nSPS) is 38.8. The molecule has 0 radical (unpaired) electrons. The quantitative estimate of drug-likeness (QED) is 0.215. The number of primary amides is 1. The van der Waals surface area contributed by atoms with Crippen LogP contribution >= 0.6 is 15.9 Å². The lowest BCUT2D eigenvalue weighted by molar-refractivity contribution is -0.164. The monoisotopic (exact) mass is 524 g/mol. The number of alkyl halides is 1. The van der Waals surface area contributed by atoms with Gasteiger partial charge in [-0.15, -0.1) is 0 Å². The van der Waals surface area contributed by atoms with Gasteiger partial charge in [0.05, 0.1) is 23.6 Å². The summed E-state index contributed by atoms with van der Waals surface area (Å²) in [6, 6.07) is -1.27. The van der Waals surface area contributed by atoms with Crippen molar-refractivity contribution in [3.05, 3.63) is 45.6 Å². The summed E-state index contributed by atoms with van der Waals surface area (Å²) in [5.74, 6) is -8.67. The number of amides is 1. The highest BCUT2D eigenvalue weighted by molar-refractivity contribution is 9.09. The third-order valence-electron chi connectivity index (χ3n) is 7.25. The van der Waals surface area contributed by atoms with Gasteiger partial charge in [-0.2, -0.15) is 0 Å². The molecule has 33 heavy (non-hydrogen) atoms. The molecule has 11 heteroatoms. The zero-order valence-corrected chi connectivity index (χ0v) is 19.7. The predicted octanol–water partition coefficient (Wildman–Crippen LogP) is 0.0713. The highest BCUT2D eigenvalue weighted by Crippen LogP contribution is 2.55. The van der Waals surface area contributed by atoms with E-state index in [4.69, 9.17) is 5.73 Å². The zero-order valence-electron chi connectivity index (χ0n) is 18.1. The van der Waals surface area contributed by atoms with Gasteiger partial charge >= 0.3 is 0 Å². The van der Waals surface area contributed by atoms with Crippen molar-refractivity contribution in [2.45, 2.75) is 35.9 Å². The Kier molecular flexibility index (Phi) is 5.40. The number of carbonyl (C=O) groups is 3. The number of carbonyl (C=O) groups excluding carboxylic acids is 3. The number of halogens is 1. The van der Waals surface area contributed by atoms with Gasteiger partial charge in [-0.25, -0.2) is 0 Å². The Morgan fingerprint density at radius 3 is 2.39 bits per heavy atom. The van der Waals surface area contributed by atoms with Gasteiger partial charge in [0.1, 0.15) is 22.9 Å². The van der Waals surface area contributed by atoms with Crippen LogP contribution in [0.4, 0.5) is 0 Å². The van der Waals surface area contributed by atoms with E-state index in [1.807, 2.05) is 0 Å². The van der Waals surface area contributed by atoms with Crippen LogP contribution in [0.1, 0.15) is 13.3 Å². The number of aliphatic hydroxyl groups is 5. The minimum absolute atomic E-state index is 0.0498. The van der Waals surface area contributed by atoms with Gasteiger partial charge in [-0.05, 0) is 25.6 Å². The lowest BCUT2D eigenvalue weighted by Crippen LogP contribution is -2.68. The molecule has 178 valence electrons. The molecule has 0 heterocycles. The molecule has 1 unspecified atom stereocenters. The molecular formula is C22H25BrN2O8. The largest absolute Gasteiger partial charge is 0.511 e. The molecule has 0 spiro atoms. The van der Waals surface area contributed by atoms with E-state index in [9.17, 15) is 39.9 Å². The minimum atomic E-state index is -2.89. The number of hydrogen-bond acceptors (Lipinski definition) is 9. The minimum Gasteiger partial charge on any atom is -0.511 e. The second-order valence-electron chi connectivity index (χ2n) is 9.21. The Morgan fingerprint density at radius 1 is 1.24 bits per heavy atom. The maximum Gasteiger partial charge on any atom is 0.255 e. The number of fused-ring (bicyclic) bond motifs is 3. The van der Waals surface area contributed by atoms with Crippen LogP contribution < -0.4 is 5.73 Å². The molecule has 0 aromatic carbocycles. The van der Waals surface area contributed by atoms with Gasteiger partial charge < -0.3 is 31.3 Å². The topological polar surface area (TPSA) is 182 Å². The van der Waals surface area contributed by atoms with Crippen molar-refractivity contribution >= 4 is 33.4 Å². The van der Waals surface area contributed by atoms with Crippen molar-refractivity contribution in [1.82, 2.24) is 4.90 Å². The van der Waals surface area contributed by atoms with Gasteiger partial charge in [-0.1, -0.05) is 28.9 Å². The number of ketones is 2. The second-order valence-corrected chi connectivity index (χ2v) is 10.4. The Balaban J connectivity index is 2.03. The molecule has 0 aromatic rings. The molecule has 4 aliphatic carbocycles. The van der Waals surface area contributed by atoms with Crippen LogP contribution in [0.3, 0.4) is 0 Å². The number of allylic oxidation sites excluding steroid dienone is 4. The number of Topliss-reactive ketones (excluding diaryl/α,β-unsaturated/α-hetero) is 2. The molecule has 1 saturated carbocycles. The van der Waals surface area contributed by atoms with Crippen LogP contribution in [-0.2, 0) is 14.4 Å². The predicted molar refractivity (Wildman–Crippen MR) is 118 cm³/mol. The van der Waals surface area contributed by atoms with E-state index in [2.05, 4.69) is 15.9 Å². The maximum atomic E-state index is 13.4. The van der Waals surface area contributed by atoms with Crippen molar-refractivity contribution < 1.29 is 39.9 Å². The fourth-order valence-corrected chi connectivity index (χ4v) is 6.42. The van der Waals surface area contributed by atoms with E-state index in [-0.39, 0.29) is 22.6 Å². The average Bonchev–Trinajstić information content (AvgIpc) is 2.70. The second kappa shape index (κ2) is 7.52. The number of nitrogens with zero attached hydrogens (tertiary/aromatic N) is 1. The lowest BCUT2D eigenvalue weighted by Gasteiger charge is -2.54. The highest BCUT2D eigenvalue weighted by atomic mass is 79.9. The first-order valence-electron chi connectivity index (χ1n) is 10.4. The van der Waals surface area contributed by atoms with Crippen LogP contribution in [0.2, 0.25) is 0 Å². The zero-order chi connectivity index (χ0) is 24.7. The third kappa shape index (κ3) is 2.92. The van der Waals surface area contributed by atoms with Crippen molar-refractivity contribution in [3.8, 4) is 0 Å². The van der Waals surface area contributed by atoms with Crippen molar-refractivity contribution in [1.29, 1.82) is 0 Å². The lowest BCUT2D eigenvalue weighted by atomic mass is 9.54. The standard InChI is InChI=1S/C22H25BrN2O8/c1-6-8-4-7(23)5-9(26)11(8)16(27)12-10(6)17(28)14-15(25(2)3)18(29)13(21(24)32)20(31)22(14,33)19(12)30/h4,6-7,10,14-15,17,26,28-30,33H,5H2,1-3H3,(H2,24,32)/t6-,7?,10+,14+,15-,17-,22-/m0/s1. The summed E-state index contributed by atoms with van der Waals surface area (Å²) in [7, 11) is 2.98. The Bertz CT molecular complexity index is 1120. The van der Waals surface area contributed by atoms with E-state index >= 15 is 0 Å². The Hall–Kier alpha value is -2.47. The van der Waals surface area contributed by atoms with Crippen LogP contribution in [0.25, 0.3) is 0 Å². The van der Waals surface area contributed by atoms with Crippen LogP contribution in [0, 0.1) is 17.8 Å². The van der Waals surface area contributed by atoms with Crippen LogP contribution in [0.15, 0.2) is 45.6 Å². The van der Waals surface area contributed by atoms with Gasteiger partial charge in [0.25, 0.3) is 5.91 Å². The van der Waals surface area contributed by atoms with E-state index in [0.29, 0.717) is 5.57 Å². The molecule has 4 aliphatic rings. The summed E-state index contributed by atoms with van der Waals surface area (Å²) in [5, 5.41) is 55.5. The molecule has 4 rings (SSSR count). The van der Waals surface area contributed by atoms with Crippen LogP contribution in [0.5, 0.6) is 0 Å². The molecule has 7 atom stereocenters. The molecule has 0 bridgehead atoms. The fraction of sp³-hybridized carbons (Fsp3) is 0.500. The van der Waals surface area contributed by atoms with Gasteiger partial charge in [0.2, 0.25) is 5.78 Å². The number of nitrogens with two attached hydrogens (primary N) is 1. The Morgan fingerprint density at radius 2 is 1.85 bits per heavy atom. The first-order chi connectivity index (χ1) is 15.3. The number of rotatable bonds is 2. The van der Waals surface area contributed by atoms with Gasteiger partial charge in [0.15, 0.2) is 11.4 Å². The number of hydrogen-bond donors (Lipinski definition) is 6. The van der Waals surface area contributed by atoms with Crippen molar-refractivity contribution in [3.63, 3.8) is 0 Å². The molecule has 1 amide bonds. The number of likely N-dealkylation sites (N-methyl/N-ethyl adjacent to an activating group) is 1. The summed E-state index contributed by atoms with van der Waals surface area (Å²) in [6.07, 6.45) is 0.278. The molecule has 0 saturated heterocycles. The van der Waals surface area contributed by atoms with E-state index in [1.54, 1.807) is 13.0 Å². The molecular weight excluding hydrogens is 500 g/mol. The van der Waals surface area contributed by atoms with E-state index in [0.717, 1.165) is 0 Å². The fourth-order valence-electron chi connectivity index (χ4n) is 5.83. The first kappa shape index (κ1) is 23.7. The van der Waals surface area contributed by atoms with E-state index in [1.165, 1.54) is 19.0 Å².